The maximum atomic E-state index is 12.3. The number of carbonyl (C=O) groups is 1. The summed E-state index contributed by atoms with van der Waals surface area (Å²) >= 11 is 0. The van der Waals surface area contributed by atoms with Gasteiger partial charge in [-0.2, -0.15) is 10.4 Å². The van der Waals surface area contributed by atoms with E-state index in [1.165, 1.54) is 0 Å². The number of amides is 1. The molecule has 0 saturated heterocycles. The lowest BCUT2D eigenvalue weighted by Gasteiger charge is -2.16. The summed E-state index contributed by atoms with van der Waals surface area (Å²) in [7, 11) is 3.60. The highest BCUT2D eigenvalue weighted by Crippen LogP contribution is 2.12. The van der Waals surface area contributed by atoms with Crippen molar-refractivity contribution in [3.8, 4) is 6.07 Å². The van der Waals surface area contributed by atoms with Gasteiger partial charge in [0.15, 0.2) is 0 Å². The lowest BCUT2D eigenvalue weighted by Crippen LogP contribution is -2.26. The van der Waals surface area contributed by atoms with E-state index in [1.54, 1.807) is 40.9 Å². The van der Waals surface area contributed by atoms with E-state index < -0.39 is 0 Å². The Bertz CT molecular complexity index is 681. The van der Waals surface area contributed by atoms with E-state index in [4.69, 9.17) is 5.26 Å². The van der Waals surface area contributed by atoms with E-state index in [1.807, 2.05) is 26.2 Å². The maximum Gasteiger partial charge on any atom is 0.253 e. The van der Waals surface area contributed by atoms with Crippen molar-refractivity contribution in [3.05, 3.63) is 52.8 Å². The van der Waals surface area contributed by atoms with Gasteiger partial charge in [-0.05, 0) is 25.1 Å². The molecule has 0 spiro atoms. The average molecular weight is 268 g/mol. The van der Waals surface area contributed by atoms with Gasteiger partial charge >= 0.3 is 0 Å². The molecule has 102 valence electrons. The van der Waals surface area contributed by atoms with Gasteiger partial charge < -0.3 is 4.90 Å². The van der Waals surface area contributed by atoms with E-state index in [0.29, 0.717) is 17.7 Å². The lowest BCUT2D eigenvalue weighted by atomic mass is 10.1. The summed E-state index contributed by atoms with van der Waals surface area (Å²) in [5, 5.41) is 13.1. The molecular formula is C15H16N4O. The van der Waals surface area contributed by atoms with E-state index in [-0.39, 0.29) is 5.91 Å². The van der Waals surface area contributed by atoms with Crippen molar-refractivity contribution < 1.29 is 4.79 Å². The Morgan fingerprint density at radius 1 is 1.50 bits per heavy atom. The Kier molecular flexibility index (Phi) is 3.85. The minimum atomic E-state index is -0.106. The number of hydrogen-bond acceptors (Lipinski definition) is 3. The smallest absolute Gasteiger partial charge is 0.253 e. The van der Waals surface area contributed by atoms with Gasteiger partial charge in [-0.25, -0.2) is 0 Å². The third-order valence-electron chi connectivity index (χ3n) is 3.11. The lowest BCUT2D eigenvalue weighted by molar-refractivity contribution is 0.0785. The van der Waals surface area contributed by atoms with Crippen molar-refractivity contribution in [1.29, 1.82) is 5.26 Å². The summed E-state index contributed by atoms with van der Waals surface area (Å²) in [6.07, 6.45) is 1.91. The number of carbonyl (C=O) groups excluding carboxylic acids is 1. The Morgan fingerprint density at radius 3 is 2.85 bits per heavy atom. The standard InChI is InChI=1S/C15H16N4O/c1-11-14(10-19(3)17-11)9-18(2)15(20)13-6-4-5-12(7-13)8-16/h4-7,10H,9H2,1-3H3. The monoisotopic (exact) mass is 268 g/mol. The number of rotatable bonds is 3. The molecule has 5 nitrogen and oxygen atoms in total. The van der Waals surface area contributed by atoms with Gasteiger partial charge in [-0.3, -0.25) is 9.48 Å². The predicted molar refractivity (Wildman–Crippen MR) is 74.9 cm³/mol. The molecule has 0 N–H and O–H groups in total. The normalized spacial score (nSPS) is 10.1. The highest BCUT2D eigenvalue weighted by Gasteiger charge is 2.14. The van der Waals surface area contributed by atoms with E-state index in [0.717, 1.165) is 11.3 Å². The van der Waals surface area contributed by atoms with Gasteiger partial charge in [-0.1, -0.05) is 6.07 Å². The zero-order valence-electron chi connectivity index (χ0n) is 11.8. The highest BCUT2D eigenvalue weighted by molar-refractivity contribution is 5.94. The molecule has 2 rings (SSSR count). The quantitative estimate of drug-likeness (QED) is 0.853. The van der Waals surface area contributed by atoms with Crippen molar-refractivity contribution in [2.24, 2.45) is 7.05 Å². The Balaban J connectivity index is 2.16. The third kappa shape index (κ3) is 2.86. The van der Waals surface area contributed by atoms with Gasteiger partial charge in [0.25, 0.3) is 5.91 Å². The van der Waals surface area contributed by atoms with Crippen LogP contribution in [-0.4, -0.2) is 27.6 Å². The molecule has 0 saturated carbocycles. The second-order valence-corrected chi connectivity index (χ2v) is 4.77. The zero-order chi connectivity index (χ0) is 14.7. The van der Waals surface area contributed by atoms with Crippen LogP contribution in [0.1, 0.15) is 27.2 Å². The van der Waals surface area contributed by atoms with Crippen LogP contribution in [0.3, 0.4) is 0 Å². The molecule has 20 heavy (non-hydrogen) atoms. The van der Waals surface area contributed by atoms with Crippen LogP contribution in [0, 0.1) is 18.3 Å². The fourth-order valence-electron chi connectivity index (χ4n) is 2.07. The fourth-order valence-corrected chi connectivity index (χ4v) is 2.07. The van der Waals surface area contributed by atoms with Crippen LogP contribution in [0.2, 0.25) is 0 Å². The molecular weight excluding hydrogens is 252 g/mol. The van der Waals surface area contributed by atoms with Gasteiger partial charge in [-0.15, -0.1) is 0 Å². The number of benzene rings is 1. The molecule has 0 aliphatic carbocycles. The van der Waals surface area contributed by atoms with Crippen molar-refractivity contribution in [1.82, 2.24) is 14.7 Å². The summed E-state index contributed by atoms with van der Waals surface area (Å²) in [6.45, 7) is 2.42. The van der Waals surface area contributed by atoms with Crippen molar-refractivity contribution >= 4 is 5.91 Å². The van der Waals surface area contributed by atoms with Crippen LogP contribution in [0.5, 0.6) is 0 Å². The molecule has 0 unspecified atom stereocenters. The molecule has 0 atom stereocenters. The third-order valence-corrected chi connectivity index (χ3v) is 3.11. The molecule has 0 fully saturated rings. The Hall–Kier alpha value is -2.61. The summed E-state index contributed by atoms with van der Waals surface area (Å²) in [4.78, 5) is 14.0. The minimum Gasteiger partial charge on any atom is -0.337 e. The molecule has 0 aliphatic rings. The first-order valence-corrected chi connectivity index (χ1v) is 6.26. The molecule has 2 aromatic rings. The molecule has 0 aliphatic heterocycles. The Morgan fingerprint density at radius 2 is 2.25 bits per heavy atom. The molecule has 5 heteroatoms. The van der Waals surface area contributed by atoms with Crippen molar-refractivity contribution in [2.45, 2.75) is 13.5 Å². The number of aryl methyl sites for hydroxylation is 2. The van der Waals surface area contributed by atoms with Gasteiger partial charge in [0, 0.05) is 38.0 Å². The van der Waals surface area contributed by atoms with Crippen LogP contribution in [0.15, 0.2) is 30.5 Å². The molecule has 1 aromatic carbocycles. The van der Waals surface area contributed by atoms with Crippen LogP contribution in [0.25, 0.3) is 0 Å². The summed E-state index contributed by atoms with van der Waals surface area (Å²) in [5.41, 5.74) is 2.94. The zero-order valence-corrected chi connectivity index (χ0v) is 11.8. The summed E-state index contributed by atoms with van der Waals surface area (Å²) < 4.78 is 1.74. The first-order valence-electron chi connectivity index (χ1n) is 6.26. The van der Waals surface area contributed by atoms with Gasteiger partial charge in [0.1, 0.15) is 0 Å². The maximum absolute atomic E-state index is 12.3. The number of hydrogen-bond donors (Lipinski definition) is 0. The average Bonchev–Trinajstić information content (AvgIpc) is 2.76. The Labute approximate surface area is 118 Å². The van der Waals surface area contributed by atoms with Crippen molar-refractivity contribution in [2.75, 3.05) is 7.05 Å². The molecule has 1 heterocycles. The first kappa shape index (κ1) is 13.8. The largest absolute Gasteiger partial charge is 0.337 e. The molecule has 1 aromatic heterocycles. The fraction of sp³-hybridized carbons (Fsp3) is 0.267. The van der Waals surface area contributed by atoms with Crippen LogP contribution in [-0.2, 0) is 13.6 Å². The predicted octanol–water partition coefficient (Wildman–Crippen LogP) is 1.87. The highest BCUT2D eigenvalue weighted by atomic mass is 16.2. The first-order chi connectivity index (χ1) is 9.51. The number of nitrogens with zero attached hydrogens (tertiary/aromatic N) is 4. The van der Waals surface area contributed by atoms with Crippen molar-refractivity contribution in [3.63, 3.8) is 0 Å². The molecule has 0 bridgehead atoms. The number of nitriles is 1. The molecule has 0 radical (unpaired) electrons. The van der Waals surface area contributed by atoms with E-state index in [2.05, 4.69) is 5.10 Å². The van der Waals surface area contributed by atoms with Crippen LogP contribution in [0.4, 0.5) is 0 Å². The second kappa shape index (κ2) is 5.57. The number of aromatic nitrogens is 2. The van der Waals surface area contributed by atoms with Crippen LogP contribution >= 0.6 is 0 Å². The topological polar surface area (TPSA) is 61.9 Å². The molecule has 1 amide bonds. The van der Waals surface area contributed by atoms with Crippen LogP contribution < -0.4 is 0 Å². The van der Waals surface area contributed by atoms with E-state index >= 15 is 0 Å². The van der Waals surface area contributed by atoms with E-state index in [9.17, 15) is 4.79 Å². The van der Waals surface area contributed by atoms with Gasteiger partial charge in [0.2, 0.25) is 0 Å². The summed E-state index contributed by atoms with van der Waals surface area (Å²) in [6, 6.07) is 8.76. The minimum absolute atomic E-state index is 0.106. The second-order valence-electron chi connectivity index (χ2n) is 4.77. The SMILES string of the molecule is Cc1nn(C)cc1CN(C)C(=O)c1cccc(C#N)c1. The van der Waals surface area contributed by atoms with Gasteiger partial charge in [0.05, 0.1) is 17.3 Å². The summed E-state index contributed by atoms with van der Waals surface area (Å²) in [5.74, 6) is -0.106.